The molecule has 0 aliphatic carbocycles. The normalized spacial score (nSPS) is 12.4. The van der Waals surface area contributed by atoms with Crippen LogP contribution in [-0.4, -0.2) is 28.9 Å². The second-order valence-electron chi connectivity index (χ2n) is 7.14. The number of rotatable bonds is 15. The zero-order valence-electron chi connectivity index (χ0n) is 16.8. The number of benzene rings is 1. The second kappa shape index (κ2) is 14.0. The van der Waals surface area contributed by atoms with Crippen molar-refractivity contribution in [1.29, 1.82) is 0 Å². The van der Waals surface area contributed by atoms with Crippen LogP contribution in [-0.2, 0) is 22.6 Å². The molecule has 2 rings (SSSR count). The van der Waals surface area contributed by atoms with Crippen molar-refractivity contribution < 1.29 is 9.47 Å². The van der Waals surface area contributed by atoms with Gasteiger partial charge in [-0.25, -0.2) is 4.98 Å². The Labute approximate surface area is 179 Å². The molecular formula is C22H32Cl2N2O2. The van der Waals surface area contributed by atoms with Gasteiger partial charge in [0, 0.05) is 19.0 Å². The number of halogens is 2. The number of imidazole rings is 1. The highest BCUT2D eigenvalue weighted by atomic mass is 35.5. The topological polar surface area (TPSA) is 36.3 Å². The summed E-state index contributed by atoms with van der Waals surface area (Å²) in [6, 6.07) is 5.57. The second-order valence-corrected chi connectivity index (χ2v) is 7.95. The van der Waals surface area contributed by atoms with Crippen molar-refractivity contribution >= 4 is 23.2 Å². The molecule has 1 atom stereocenters. The summed E-state index contributed by atoms with van der Waals surface area (Å²) in [5.74, 6) is 0. The molecule has 0 saturated heterocycles. The Bertz CT molecular complexity index is 650. The Kier molecular flexibility index (Phi) is 11.6. The van der Waals surface area contributed by atoms with E-state index < -0.39 is 0 Å². The molecule has 156 valence electrons. The van der Waals surface area contributed by atoms with Gasteiger partial charge in [0.1, 0.15) is 0 Å². The van der Waals surface area contributed by atoms with Crippen molar-refractivity contribution in [2.45, 2.75) is 71.1 Å². The molecule has 6 heteroatoms. The van der Waals surface area contributed by atoms with Crippen LogP contribution in [0.5, 0.6) is 0 Å². The van der Waals surface area contributed by atoms with Crippen LogP contribution in [0.2, 0.25) is 10.0 Å². The minimum absolute atomic E-state index is 0.0480. The third-order valence-electron chi connectivity index (χ3n) is 4.64. The predicted molar refractivity (Wildman–Crippen MR) is 116 cm³/mol. The highest BCUT2D eigenvalue weighted by molar-refractivity contribution is 6.42. The third kappa shape index (κ3) is 9.42. The fourth-order valence-electron chi connectivity index (χ4n) is 3.00. The third-order valence-corrected chi connectivity index (χ3v) is 5.38. The Morgan fingerprint density at radius 3 is 2.54 bits per heavy atom. The summed E-state index contributed by atoms with van der Waals surface area (Å²) >= 11 is 12.1. The molecule has 2 aromatic rings. The first-order valence-electron chi connectivity index (χ1n) is 10.3. The van der Waals surface area contributed by atoms with Gasteiger partial charge >= 0.3 is 0 Å². The molecule has 1 unspecified atom stereocenters. The fraction of sp³-hybridized carbons (Fsp3) is 0.591. The minimum Gasteiger partial charge on any atom is -0.379 e. The van der Waals surface area contributed by atoms with Crippen LogP contribution in [0.4, 0.5) is 0 Å². The number of aromatic nitrogens is 2. The van der Waals surface area contributed by atoms with E-state index in [2.05, 4.69) is 11.9 Å². The first-order chi connectivity index (χ1) is 13.7. The minimum atomic E-state index is -0.0480. The average molecular weight is 427 g/mol. The van der Waals surface area contributed by atoms with Gasteiger partial charge in [0.2, 0.25) is 0 Å². The van der Waals surface area contributed by atoms with Crippen LogP contribution in [0.25, 0.3) is 0 Å². The van der Waals surface area contributed by atoms with Crippen molar-refractivity contribution in [1.82, 2.24) is 9.55 Å². The standard InChI is InChI=1S/C22H32Cl2N2O2/c1-2-3-4-5-6-7-8-13-27-17-20(15-26-12-11-25-18-26)28-16-19-9-10-21(23)22(24)14-19/h9-12,14,18,20H,2-8,13,15-17H2,1H3. The van der Waals surface area contributed by atoms with Gasteiger partial charge in [-0.2, -0.15) is 0 Å². The van der Waals surface area contributed by atoms with Crippen molar-refractivity contribution in [3.05, 3.63) is 52.5 Å². The Morgan fingerprint density at radius 1 is 1.04 bits per heavy atom. The maximum atomic E-state index is 6.09. The maximum Gasteiger partial charge on any atom is 0.0991 e. The van der Waals surface area contributed by atoms with E-state index in [-0.39, 0.29) is 6.10 Å². The fourth-order valence-corrected chi connectivity index (χ4v) is 3.32. The molecular weight excluding hydrogens is 395 g/mol. The first-order valence-corrected chi connectivity index (χ1v) is 11.0. The van der Waals surface area contributed by atoms with Crippen LogP contribution in [0, 0.1) is 0 Å². The number of hydrogen-bond donors (Lipinski definition) is 0. The average Bonchev–Trinajstić information content (AvgIpc) is 3.20. The van der Waals surface area contributed by atoms with E-state index in [0.717, 1.165) is 18.6 Å². The van der Waals surface area contributed by atoms with Gasteiger partial charge in [0.15, 0.2) is 0 Å². The smallest absolute Gasteiger partial charge is 0.0991 e. The van der Waals surface area contributed by atoms with Crippen LogP contribution in [0.1, 0.15) is 57.4 Å². The number of hydrogen-bond acceptors (Lipinski definition) is 3. The molecule has 0 N–H and O–H groups in total. The largest absolute Gasteiger partial charge is 0.379 e. The molecule has 0 radical (unpaired) electrons. The van der Waals surface area contributed by atoms with Gasteiger partial charge in [0.25, 0.3) is 0 Å². The van der Waals surface area contributed by atoms with Gasteiger partial charge in [0.05, 0.1) is 42.2 Å². The van der Waals surface area contributed by atoms with Crippen LogP contribution < -0.4 is 0 Å². The summed E-state index contributed by atoms with van der Waals surface area (Å²) in [5, 5.41) is 1.10. The van der Waals surface area contributed by atoms with Crippen molar-refractivity contribution in [3.8, 4) is 0 Å². The van der Waals surface area contributed by atoms with Crippen LogP contribution in [0.3, 0.4) is 0 Å². The van der Waals surface area contributed by atoms with E-state index in [4.69, 9.17) is 32.7 Å². The van der Waals surface area contributed by atoms with E-state index >= 15 is 0 Å². The summed E-state index contributed by atoms with van der Waals surface area (Å²) in [4.78, 5) is 4.10. The summed E-state index contributed by atoms with van der Waals surface area (Å²) in [5.41, 5.74) is 0.997. The maximum absolute atomic E-state index is 6.09. The zero-order valence-corrected chi connectivity index (χ0v) is 18.3. The van der Waals surface area contributed by atoms with E-state index in [1.807, 2.05) is 22.9 Å². The van der Waals surface area contributed by atoms with Crippen molar-refractivity contribution in [3.63, 3.8) is 0 Å². The highest BCUT2D eigenvalue weighted by Crippen LogP contribution is 2.23. The van der Waals surface area contributed by atoms with E-state index in [1.165, 1.54) is 38.5 Å². The molecule has 0 amide bonds. The molecule has 0 aliphatic rings. The van der Waals surface area contributed by atoms with Crippen LogP contribution in [0.15, 0.2) is 36.9 Å². The predicted octanol–water partition coefficient (Wildman–Crippen LogP) is 6.54. The number of nitrogens with zero attached hydrogens (tertiary/aromatic N) is 2. The first kappa shape index (κ1) is 23.2. The Hall–Kier alpha value is -1.07. The lowest BCUT2D eigenvalue weighted by atomic mass is 10.1. The summed E-state index contributed by atoms with van der Waals surface area (Å²) < 4.78 is 14.0. The molecule has 0 fully saturated rings. The molecule has 0 aliphatic heterocycles. The monoisotopic (exact) mass is 426 g/mol. The lowest BCUT2D eigenvalue weighted by Crippen LogP contribution is -2.25. The number of ether oxygens (including phenoxy) is 2. The van der Waals surface area contributed by atoms with Crippen molar-refractivity contribution in [2.75, 3.05) is 13.2 Å². The van der Waals surface area contributed by atoms with E-state index in [9.17, 15) is 0 Å². The lowest BCUT2D eigenvalue weighted by molar-refractivity contribution is -0.0333. The quantitative estimate of drug-likeness (QED) is 0.303. The summed E-state index contributed by atoms with van der Waals surface area (Å²) in [6.45, 7) is 4.77. The molecule has 1 aromatic heterocycles. The SMILES string of the molecule is CCCCCCCCCOCC(Cn1ccnc1)OCc1ccc(Cl)c(Cl)c1. The Morgan fingerprint density at radius 2 is 1.82 bits per heavy atom. The van der Waals surface area contributed by atoms with Crippen LogP contribution >= 0.6 is 23.2 Å². The highest BCUT2D eigenvalue weighted by Gasteiger charge is 2.11. The molecule has 0 spiro atoms. The van der Waals surface area contributed by atoms with E-state index in [1.54, 1.807) is 18.6 Å². The van der Waals surface area contributed by atoms with Gasteiger partial charge in [-0.1, -0.05) is 74.7 Å². The molecule has 28 heavy (non-hydrogen) atoms. The lowest BCUT2D eigenvalue weighted by Gasteiger charge is -2.19. The van der Waals surface area contributed by atoms with E-state index in [0.29, 0.717) is 29.8 Å². The molecule has 4 nitrogen and oxygen atoms in total. The zero-order chi connectivity index (χ0) is 20.0. The van der Waals surface area contributed by atoms with Gasteiger partial charge < -0.3 is 14.0 Å². The van der Waals surface area contributed by atoms with Gasteiger partial charge in [-0.3, -0.25) is 0 Å². The molecule has 1 aromatic carbocycles. The summed E-state index contributed by atoms with van der Waals surface area (Å²) in [7, 11) is 0. The molecule has 1 heterocycles. The summed E-state index contributed by atoms with van der Waals surface area (Å²) in [6.07, 6.45) is 14.4. The van der Waals surface area contributed by atoms with Crippen molar-refractivity contribution in [2.24, 2.45) is 0 Å². The molecule has 0 bridgehead atoms. The molecule has 0 saturated carbocycles. The van der Waals surface area contributed by atoms with Gasteiger partial charge in [-0.05, 0) is 24.1 Å². The Balaban J connectivity index is 1.70. The van der Waals surface area contributed by atoms with Gasteiger partial charge in [-0.15, -0.1) is 0 Å². The number of unbranched alkanes of at least 4 members (excludes halogenated alkanes) is 6.